The molecule has 2 aromatic carbocycles. The number of ether oxygens (including phenoxy) is 1. The number of benzene rings is 2. The first kappa shape index (κ1) is 12.9. The third kappa shape index (κ3) is 2.13. The van der Waals surface area contributed by atoms with Crippen molar-refractivity contribution in [2.45, 2.75) is 30.3 Å². The van der Waals surface area contributed by atoms with Gasteiger partial charge in [-0.3, -0.25) is 4.55 Å². The van der Waals surface area contributed by atoms with E-state index in [2.05, 4.69) is 0 Å². The van der Waals surface area contributed by atoms with Gasteiger partial charge in [0.15, 0.2) is 0 Å². The lowest BCUT2D eigenvalue weighted by Crippen LogP contribution is -2.07. The summed E-state index contributed by atoms with van der Waals surface area (Å²) in [7, 11) is -4.29. The standard InChI is InChI=1S/C16H14O4S/c17-21(18,19)15-8-7-13-12-4-2-1-3-10(12)9-14(13)16(15)20-11-5-6-11/h1-4,7-8,11H,5-6,9H2,(H,17,18,19). The van der Waals surface area contributed by atoms with Crippen LogP contribution in [0.3, 0.4) is 0 Å². The topological polar surface area (TPSA) is 63.6 Å². The lowest BCUT2D eigenvalue weighted by Gasteiger charge is -2.14. The van der Waals surface area contributed by atoms with Crippen LogP contribution in [0.4, 0.5) is 0 Å². The maximum Gasteiger partial charge on any atom is 0.298 e. The minimum absolute atomic E-state index is 0.0701. The summed E-state index contributed by atoms with van der Waals surface area (Å²) >= 11 is 0. The van der Waals surface area contributed by atoms with Crippen molar-refractivity contribution in [2.24, 2.45) is 0 Å². The van der Waals surface area contributed by atoms with Crippen molar-refractivity contribution in [1.82, 2.24) is 0 Å². The highest BCUT2D eigenvalue weighted by Crippen LogP contribution is 2.45. The van der Waals surface area contributed by atoms with E-state index in [1.165, 1.54) is 6.07 Å². The van der Waals surface area contributed by atoms with Crippen molar-refractivity contribution < 1.29 is 17.7 Å². The molecule has 0 bridgehead atoms. The molecule has 0 amide bonds. The Kier molecular flexibility index (Phi) is 2.65. The van der Waals surface area contributed by atoms with Gasteiger partial charge in [0, 0.05) is 12.0 Å². The molecule has 0 aromatic heterocycles. The van der Waals surface area contributed by atoms with Gasteiger partial charge in [0.05, 0.1) is 6.10 Å². The van der Waals surface area contributed by atoms with Crippen LogP contribution in [0.15, 0.2) is 41.3 Å². The molecule has 0 spiro atoms. The van der Waals surface area contributed by atoms with Crippen LogP contribution in [0.5, 0.6) is 5.75 Å². The first-order valence-electron chi connectivity index (χ1n) is 6.92. The van der Waals surface area contributed by atoms with Gasteiger partial charge in [0.1, 0.15) is 10.6 Å². The summed E-state index contributed by atoms with van der Waals surface area (Å²) in [5.74, 6) is 0.328. The van der Waals surface area contributed by atoms with E-state index in [0.717, 1.165) is 35.1 Å². The molecular formula is C16H14O4S. The van der Waals surface area contributed by atoms with Crippen LogP contribution in [0, 0.1) is 0 Å². The molecule has 0 radical (unpaired) electrons. The summed E-state index contributed by atoms with van der Waals surface area (Å²) in [6.07, 6.45) is 2.57. The van der Waals surface area contributed by atoms with Gasteiger partial charge in [-0.1, -0.05) is 30.3 Å². The number of fused-ring (bicyclic) bond motifs is 3. The molecule has 21 heavy (non-hydrogen) atoms. The molecular weight excluding hydrogens is 288 g/mol. The number of rotatable bonds is 3. The van der Waals surface area contributed by atoms with Crippen molar-refractivity contribution in [3.63, 3.8) is 0 Å². The Hall–Kier alpha value is -1.85. The second kappa shape index (κ2) is 4.32. The van der Waals surface area contributed by atoms with Gasteiger partial charge >= 0.3 is 0 Å². The predicted molar refractivity (Wildman–Crippen MR) is 78.1 cm³/mol. The Balaban J connectivity index is 1.93. The van der Waals surface area contributed by atoms with Gasteiger partial charge < -0.3 is 4.74 Å². The van der Waals surface area contributed by atoms with Gasteiger partial charge in [-0.2, -0.15) is 8.42 Å². The Labute approximate surface area is 123 Å². The summed E-state index contributed by atoms with van der Waals surface area (Å²) in [4.78, 5) is -0.124. The molecule has 4 rings (SSSR count). The highest BCUT2D eigenvalue weighted by Gasteiger charge is 2.32. The van der Waals surface area contributed by atoms with Crippen LogP contribution >= 0.6 is 0 Å². The molecule has 0 heterocycles. The third-order valence-corrected chi connectivity index (χ3v) is 4.86. The van der Waals surface area contributed by atoms with Crippen LogP contribution in [0.1, 0.15) is 24.0 Å². The van der Waals surface area contributed by atoms with Crippen LogP contribution in [0.25, 0.3) is 11.1 Å². The minimum Gasteiger partial charge on any atom is -0.489 e. The van der Waals surface area contributed by atoms with Crippen LogP contribution in [-0.2, 0) is 16.5 Å². The molecule has 2 aliphatic rings. The average Bonchev–Trinajstić information content (AvgIpc) is 3.16. The fourth-order valence-corrected chi connectivity index (χ4v) is 3.49. The Morgan fingerprint density at radius 2 is 1.81 bits per heavy atom. The highest BCUT2D eigenvalue weighted by molar-refractivity contribution is 7.86. The van der Waals surface area contributed by atoms with Crippen LogP contribution in [-0.4, -0.2) is 19.1 Å². The van der Waals surface area contributed by atoms with Crippen molar-refractivity contribution in [1.29, 1.82) is 0 Å². The van der Waals surface area contributed by atoms with E-state index in [1.807, 2.05) is 24.3 Å². The SMILES string of the molecule is O=S(=O)(O)c1ccc2c(c1OC1CC1)Cc1ccccc1-2. The molecule has 1 N–H and O–H groups in total. The van der Waals surface area contributed by atoms with E-state index in [1.54, 1.807) is 6.07 Å². The lowest BCUT2D eigenvalue weighted by atomic mass is 10.1. The molecule has 1 fully saturated rings. The van der Waals surface area contributed by atoms with Crippen molar-refractivity contribution in [3.8, 4) is 16.9 Å². The molecule has 108 valence electrons. The third-order valence-electron chi connectivity index (χ3n) is 3.99. The van der Waals surface area contributed by atoms with Crippen molar-refractivity contribution in [3.05, 3.63) is 47.5 Å². The van der Waals surface area contributed by atoms with E-state index >= 15 is 0 Å². The van der Waals surface area contributed by atoms with Crippen molar-refractivity contribution >= 4 is 10.1 Å². The summed E-state index contributed by atoms with van der Waals surface area (Å²) < 4.78 is 38.5. The van der Waals surface area contributed by atoms with Crippen LogP contribution in [0.2, 0.25) is 0 Å². The fourth-order valence-electron chi connectivity index (χ4n) is 2.85. The molecule has 0 saturated heterocycles. The Bertz CT molecular complexity index is 835. The summed E-state index contributed by atoms with van der Waals surface area (Å²) in [6.45, 7) is 0. The molecule has 1 saturated carbocycles. The number of hydrogen-bond acceptors (Lipinski definition) is 3. The Morgan fingerprint density at radius 1 is 1.05 bits per heavy atom. The molecule has 2 aromatic rings. The van der Waals surface area contributed by atoms with E-state index in [-0.39, 0.29) is 11.0 Å². The average molecular weight is 302 g/mol. The highest BCUT2D eigenvalue weighted by atomic mass is 32.2. The fraction of sp³-hybridized carbons (Fsp3) is 0.250. The summed E-state index contributed by atoms with van der Waals surface area (Å²) in [5.41, 5.74) is 4.11. The van der Waals surface area contributed by atoms with Crippen LogP contribution < -0.4 is 4.74 Å². The maximum absolute atomic E-state index is 11.6. The maximum atomic E-state index is 11.6. The van der Waals surface area contributed by atoms with Gasteiger partial charge in [0.25, 0.3) is 10.1 Å². The zero-order valence-electron chi connectivity index (χ0n) is 11.2. The molecule has 0 unspecified atom stereocenters. The van der Waals surface area contributed by atoms with E-state index in [4.69, 9.17) is 4.74 Å². The molecule has 0 atom stereocenters. The largest absolute Gasteiger partial charge is 0.489 e. The number of hydrogen-bond donors (Lipinski definition) is 1. The predicted octanol–water partition coefficient (Wildman–Crippen LogP) is 3.05. The molecule has 2 aliphatic carbocycles. The second-order valence-corrected chi connectivity index (χ2v) is 6.94. The van der Waals surface area contributed by atoms with Gasteiger partial charge in [-0.15, -0.1) is 0 Å². The zero-order valence-corrected chi connectivity index (χ0v) is 12.1. The monoisotopic (exact) mass is 302 g/mol. The zero-order chi connectivity index (χ0) is 14.6. The second-order valence-electron chi connectivity index (χ2n) is 5.55. The Morgan fingerprint density at radius 3 is 2.52 bits per heavy atom. The molecule has 5 heteroatoms. The van der Waals surface area contributed by atoms with E-state index < -0.39 is 10.1 Å². The summed E-state index contributed by atoms with van der Waals surface area (Å²) in [5, 5.41) is 0. The van der Waals surface area contributed by atoms with E-state index in [9.17, 15) is 13.0 Å². The van der Waals surface area contributed by atoms with Gasteiger partial charge in [-0.05, 0) is 35.6 Å². The quantitative estimate of drug-likeness (QED) is 0.755. The first-order valence-corrected chi connectivity index (χ1v) is 8.36. The minimum atomic E-state index is -4.29. The summed E-state index contributed by atoms with van der Waals surface area (Å²) in [6, 6.07) is 11.2. The normalized spacial score (nSPS) is 16.4. The van der Waals surface area contributed by atoms with Gasteiger partial charge in [-0.25, -0.2) is 0 Å². The lowest BCUT2D eigenvalue weighted by molar-refractivity contribution is 0.291. The molecule has 4 nitrogen and oxygen atoms in total. The first-order chi connectivity index (χ1) is 10.0. The molecule has 0 aliphatic heterocycles. The van der Waals surface area contributed by atoms with E-state index in [0.29, 0.717) is 12.2 Å². The smallest absolute Gasteiger partial charge is 0.298 e. The van der Waals surface area contributed by atoms with Gasteiger partial charge in [0.2, 0.25) is 0 Å². The van der Waals surface area contributed by atoms with Crippen molar-refractivity contribution in [2.75, 3.05) is 0 Å².